The predicted molar refractivity (Wildman–Crippen MR) is 87.6 cm³/mol. The molecule has 0 unspecified atom stereocenters. The number of aromatic nitrogens is 2. The molecule has 3 rings (SSSR count). The van der Waals surface area contributed by atoms with Gasteiger partial charge in [0.1, 0.15) is 11.3 Å². The maximum absolute atomic E-state index is 13.5. The zero-order valence-electron chi connectivity index (χ0n) is 14.0. The molecule has 2 aromatic heterocycles. The highest BCUT2D eigenvalue weighted by molar-refractivity contribution is 5.90. The van der Waals surface area contributed by atoms with E-state index in [1.54, 1.807) is 6.07 Å². The van der Waals surface area contributed by atoms with Crippen LogP contribution in [0.5, 0.6) is 0 Å². The molecule has 0 aliphatic heterocycles. The number of benzene rings is 1. The Morgan fingerprint density at radius 3 is 2.48 bits per heavy atom. The van der Waals surface area contributed by atoms with Gasteiger partial charge < -0.3 is 9.15 Å². The Bertz CT molecular complexity index is 971. The Balaban J connectivity index is 2.01. The Labute approximate surface area is 151 Å². The van der Waals surface area contributed by atoms with E-state index in [2.05, 4.69) is 9.84 Å². The van der Waals surface area contributed by atoms with Crippen LogP contribution in [0, 0.1) is 0 Å². The predicted octanol–water partition coefficient (Wildman–Crippen LogP) is 4.14. The Morgan fingerprint density at radius 1 is 1.22 bits per heavy atom. The number of furan rings is 1. The first-order valence-electron chi connectivity index (χ1n) is 7.83. The van der Waals surface area contributed by atoms with Crippen LogP contribution in [0.1, 0.15) is 33.5 Å². The molecule has 3 aromatic rings. The summed E-state index contributed by atoms with van der Waals surface area (Å²) in [5.41, 5.74) is -1.20. The highest BCUT2D eigenvalue weighted by Crippen LogP contribution is 2.34. The smallest absolute Gasteiger partial charge is 0.434 e. The topological polar surface area (TPSA) is 74.3 Å². The van der Waals surface area contributed by atoms with E-state index in [4.69, 9.17) is 4.42 Å². The van der Waals surface area contributed by atoms with Gasteiger partial charge in [-0.2, -0.15) is 18.3 Å². The van der Waals surface area contributed by atoms with Crippen molar-refractivity contribution in [2.75, 3.05) is 6.61 Å². The summed E-state index contributed by atoms with van der Waals surface area (Å²) in [6, 6.07) is 8.90. The molecule has 1 aromatic carbocycles. The van der Waals surface area contributed by atoms with Crippen molar-refractivity contribution < 1.29 is 31.9 Å². The summed E-state index contributed by atoms with van der Waals surface area (Å²) >= 11 is 0. The lowest BCUT2D eigenvalue weighted by atomic mass is 10.1. The summed E-state index contributed by atoms with van der Waals surface area (Å²) in [5, 5.41) is 3.70. The zero-order chi connectivity index (χ0) is 19.6. The third-order valence-electron chi connectivity index (χ3n) is 3.67. The minimum Gasteiger partial charge on any atom is -0.462 e. The van der Waals surface area contributed by atoms with Gasteiger partial charge in [0.05, 0.1) is 18.5 Å². The molecule has 0 spiro atoms. The van der Waals surface area contributed by atoms with Crippen LogP contribution in [0.25, 0.3) is 17.0 Å². The lowest BCUT2D eigenvalue weighted by Crippen LogP contribution is -2.18. The van der Waals surface area contributed by atoms with E-state index in [0.717, 1.165) is 6.20 Å². The molecular formula is C18H13F3N2O4. The molecular weight excluding hydrogens is 365 g/mol. The second-order valence-corrected chi connectivity index (χ2v) is 5.40. The second kappa shape index (κ2) is 7.10. The van der Waals surface area contributed by atoms with Crippen LogP contribution in [0.4, 0.5) is 13.2 Å². The average Bonchev–Trinajstić information content (AvgIpc) is 3.29. The van der Waals surface area contributed by atoms with Gasteiger partial charge in [0.15, 0.2) is 17.7 Å². The maximum atomic E-state index is 13.5. The fourth-order valence-corrected chi connectivity index (χ4v) is 2.51. The normalized spacial score (nSPS) is 11.4. The molecule has 0 atom stereocenters. The van der Waals surface area contributed by atoms with Crippen LogP contribution in [0.15, 0.2) is 47.0 Å². The SMILES string of the molecule is CCOC(=O)c1cnn(-c2ccc(-c3ccc(C=O)o3)cc2)c1C(F)(F)F. The van der Waals surface area contributed by atoms with Crippen molar-refractivity contribution in [2.24, 2.45) is 0 Å². The number of carbonyl (C=O) groups is 2. The van der Waals surface area contributed by atoms with Crippen molar-refractivity contribution in [1.82, 2.24) is 9.78 Å². The number of hydrogen-bond acceptors (Lipinski definition) is 5. The van der Waals surface area contributed by atoms with Crippen LogP contribution in [-0.4, -0.2) is 28.6 Å². The van der Waals surface area contributed by atoms with Crippen molar-refractivity contribution in [1.29, 1.82) is 0 Å². The summed E-state index contributed by atoms with van der Waals surface area (Å²) in [6.07, 6.45) is -3.43. The number of hydrogen-bond donors (Lipinski definition) is 0. The molecule has 9 heteroatoms. The van der Waals surface area contributed by atoms with Gasteiger partial charge in [-0.1, -0.05) is 0 Å². The third-order valence-corrected chi connectivity index (χ3v) is 3.67. The lowest BCUT2D eigenvalue weighted by Gasteiger charge is -2.12. The first kappa shape index (κ1) is 18.4. The first-order valence-corrected chi connectivity index (χ1v) is 7.83. The molecule has 2 heterocycles. The summed E-state index contributed by atoms with van der Waals surface area (Å²) < 4.78 is 51.1. The van der Waals surface area contributed by atoms with Crippen molar-refractivity contribution in [3.63, 3.8) is 0 Å². The van der Waals surface area contributed by atoms with E-state index >= 15 is 0 Å². The van der Waals surface area contributed by atoms with Gasteiger partial charge in [-0.15, -0.1) is 0 Å². The van der Waals surface area contributed by atoms with Gasteiger partial charge in [-0.3, -0.25) is 4.79 Å². The third kappa shape index (κ3) is 3.62. The summed E-state index contributed by atoms with van der Waals surface area (Å²) in [6.45, 7) is 1.45. The highest BCUT2D eigenvalue weighted by atomic mass is 19.4. The number of nitrogens with zero attached hydrogens (tertiary/aromatic N) is 2. The van der Waals surface area contributed by atoms with Gasteiger partial charge in [-0.05, 0) is 43.3 Å². The van der Waals surface area contributed by atoms with Crippen LogP contribution >= 0.6 is 0 Å². The van der Waals surface area contributed by atoms with E-state index < -0.39 is 23.4 Å². The highest BCUT2D eigenvalue weighted by Gasteiger charge is 2.41. The second-order valence-electron chi connectivity index (χ2n) is 5.40. The molecule has 140 valence electrons. The van der Waals surface area contributed by atoms with Gasteiger partial charge in [-0.25, -0.2) is 9.48 Å². The largest absolute Gasteiger partial charge is 0.462 e. The molecule has 0 radical (unpaired) electrons. The first-order chi connectivity index (χ1) is 12.8. The Kier molecular flexibility index (Phi) is 4.85. The lowest BCUT2D eigenvalue weighted by molar-refractivity contribution is -0.143. The molecule has 0 bridgehead atoms. The fourth-order valence-electron chi connectivity index (χ4n) is 2.51. The Morgan fingerprint density at radius 2 is 1.93 bits per heavy atom. The van der Waals surface area contributed by atoms with E-state index in [0.29, 0.717) is 22.3 Å². The molecule has 0 fully saturated rings. The molecule has 27 heavy (non-hydrogen) atoms. The van der Waals surface area contributed by atoms with E-state index in [9.17, 15) is 22.8 Å². The molecule has 0 aliphatic carbocycles. The monoisotopic (exact) mass is 378 g/mol. The van der Waals surface area contributed by atoms with Gasteiger partial charge in [0, 0.05) is 5.56 Å². The maximum Gasteiger partial charge on any atom is 0.434 e. The average molecular weight is 378 g/mol. The van der Waals surface area contributed by atoms with Crippen LogP contribution in [-0.2, 0) is 10.9 Å². The van der Waals surface area contributed by atoms with Crippen molar-refractivity contribution >= 4 is 12.3 Å². The van der Waals surface area contributed by atoms with Crippen LogP contribution in [0.3, 0.4) is 0 Å². The minimum absolute atomic E-state index is 0.0536. The molecule has 0 N–H and O–H groups in total. The van der Waals surface area contributed by atoms with Crippen LogP contribution in [0.2, 0.25) is 0 Å². The van der Waals surface area contributed by atoms with Crippen molar-refractivity contribution in [3.8, 4) is 17.0 Å². The van der Waals surface area contributed by atoms with Gasteiger partial charge >= 0.3 is 12.1 Å². The molecule has 6 nitrogen and oxygen atoms in total. The molecule has 0 saturated carbocycles. The summed E-state index contributed by atoms with van der Waals surface area (Å²) in [5.74, 6) is -0.559. The van der Waals surface area contributed by atoms with Gasteiger partial charge in [0.2, 0.25) is 0 Å². The number of ether oxygens (including phenoxy) is 1. The van der Waals surface area contributed by atoms with Gasteiger partial charge in [0.25, 0.3) is 0 Å². The van der Waals surface area contributed by atoms with E-state index in [1.165, 1.54) is 37.3 Å². The Hall–Kier alpha value is -3.36. The number of alkyl halides is 3. The van der Waals surface area contributed by atoms with Crippen LogP contribution < -0.4 is 0 Å². The van der Waals surface area contributed by atoms with E-state index in [1.807, 2.05) is 0 Å². The number of rotatable bonds is 5. The zero-order valence-corrected chi connectivity index (χ0v) is 14.0. The van der Waals surface area contributed by atoms with E-state index in [-0.39, 0.29) is 18.1 Å². The standard InChI is InChI=1S/C18H13F3N2O4/c1-2-26-17(25)14-9-22-23(16(14)18(19,20)21)12-5-3-11(4-6-12)15-8-7-13(10-24)27-15/h3-10H,2H2,1H3. The molecule has 0 saturated heterocycles. The number of halogens is 3. The quantitative estimate of drug-likeness (QED) is 0.493. The van der Waals surface area contributed by atoms with Crippen molar-refractivity contribution in [2.45, 2.75) is 13.1 Å². The number of carbonyl (C=O) groups excluding carboxylic acids is 2. The van der Waals surface area contributed by atoms with Crippen molar-refractivity contribution in [3.05, 3.63) is 59.6 Å². The fraction of sp³-hybridized carbons (Fsp3) is 0.167. The molecule has 0 amide bonds. The number of esters is 1. The minimum atomic E-state index is -4.81. The number of aldehydes is 1. The molecule has 0 aliphatic rings. The summed E-state index contributed by atoms with van der Waals surface area (Å²) in [4.78, 5) is 22.5. The summed E-state index contributed by atoms with van der Waals surface area (Å²) in [7, 11) is 0.